The van der Waals surface area contributed by atoms with Crippen LogP contribution in [0.2, 0.25) is 0 Å². The molecule has 1 heterocycles. The first-order valence-corrected chi connectivity index (χ1v) is 9.01. The highest BCUT2D eigenvalue weighted by Crippen LogP contribution is 2.17. The van der Waals surface area contributed by atoms with Crippen molar-refractivity contribution in [2.75, 3.05) is 53.0 Å². The minimum Gasteiger partial charge on any atom is -0.380 e. The van der Waals surface area contributed by atoms with E-state index in [4.69, 9.17) is 4.74 Å². The molecule has 0 saturated carbocycles. The molecular formula is C18H38N2O. The van der Waals surface area contributed by atoms with E-state index < -0.39 is 0 Å². The normalized spacial score (nSPS) is 19.6. The first-order valence-electron chi connectivity index (χ1n) is 9.01. The summed E-state index contributed by atoms with van der Waals surface area (Å²) >= 11 is 0. The maximum Gasteiger partial charge on any atom is 0.0593 e. The van der Waals surface area contributed by atoms with E-state index in [0.717, 1.165) is 37.5 Å². The molecule has 1 atom stereocenters. The Morgan fingerprint density at radius 3 is 2.38 bits per heavy atom. The van der Waals surface area contributed by atoms with Gasteiger partial charge in [-0.15, -0.1) is 0 Å². The van der Waals surface area contributed by atoms with Gasteiger partial charge in [-0.1, -0.05) is 27.7 Å². The topological polar surface area (TPSA) is 15.7 Å². The highest BCUT2D eigenvalue weighted by molar-refractivity contribution is 4.71. The van der Waals surface area contributed by atoms with Crippen molar-refractivity contribution in [3.05, 3.63) is 0 Å². The predicted octanol–water partition coefficient (Wildman–Crippen LogP) is 3.35. The molecule has 0 amide bonds. The third-order valence-corrected chi connectivity index (χ3v) is 5.23. The molecule has 3 heteroatoms. The van der Waals surface area contributed by atoms with E-state index in [-0.39, 0.29) is 0 Å². The van der Waals surface area contributed by atoms with Crippen molar-refractivity contribution in [1.82, 2.24) is 9.80 Å². The van der Waals surface area contributed by atoms with Crippen LogP contribution in [-0.2, 0) is 4.74 Å². The van der Waals surface area contributed by atoms with Gasteiger partial charge in [0.25, 0.3) is 0 Å². The van der Waals surface area contributed by atoms with Gasteiger partial charge in [-0.25, -0.2) is 0 Å². The van der Waals surface area contributed by atoms with E-state index in [9.17, 15) is 0 Å². The van der Waals surface area contributed by atoms with Crippen LogP contribution in [0.25, 0.3) is 0 Å². The molecule has 3 nitrogen and oxygen atoms in total. The Morgan fingerprint density at radius 2 is 1.81 bits per heavy atom. The van der Waals surface area contributed by atoms with Gasteiger partial charge in [0.2, 0.25) is 0 Å². The number of hydrogen-bond acceptors (Lipinski definition) is 3. The average Bonchev–Trinajstić information content (AvgIpc) is 2.49. The molecule has 1 unspecified atom stereocenters. The molecule has 0 radical (unpaired) electrons. The molecule has 0 aliphatic carbocycles. The molecule has 21 heavy (non-hydrogen) atoms. The van der Waals surface area contributed by atoms with Crippen molar-refractivity contribution in [3.8, 4) is 0 Å². The summed E-state index contributed by atoms with van der Waals surface area (Å²) in [7, 11) is 2.22. The van der Waals surface area contributed by atoms with E-state index in [1.807, 2.05) is 0 Å². The van der Waals surface area contributed by atoms with Crippen molar-refractivity contribution < 1.29 is 4.74 Å². The second kappa shape index (κ2) is 10.6. The Labute approximate surface area is 133 Å². The van der Waals surface area contributed by atoms with Crippen LogP contribution in [0.3, 0.4) is 0 Å². The minimum absolute atomic E-state index is 0.791. The monoisotopic (exact) mass is 298 g/mol. The molecule has 1 aliphatic rings. The van der Waals surface area contributed by atoms with Gasteiger partial charge in [0.1, 0.15) is 0 Å². The van der Waals surface area contributed by atoms with Gasteiger partial charge in [0.15, 0.2) is 0 Å². The average molecular weight is 299 g/mol. The molecule has 0 aromatic carbocycles. The highest BCUT2D eigenvalue weighted by atomic mass is 16.5. The number of hydrogen-bond donors (Lipinski definition) is 0. The predicted molar refractivity (Wildman–Crippen MR) is 91.8 cm³/mol. The Bertz CT molecular complexity index is 250. The number of likely N-dealkylation sites (N-methyl/N-ethyl adjacent to an activating group) is 1. The zero-order valence-corrected chi connectivity index (χ0v) is 15.1. The standard InChI is InChI=1S/C18H38N2O/c1-6-20-11-8-18(9-12-20)15-21-14-13-19(5)10-7-17(4)16(2)3/h16-18H,6-15H2,1-5H3. The molecule has 0 N–H and O–H groups in total. The largest absolute Gasteiger partial charge is 0.380 e. The van der Waals surface area contributed by atoms with E-state index in [1.54, 1.807) is 0 Å². The van der Waals surface area contributed by atoms with Gasteiger partial charge in [-0.2, -0.15) is 0 Å². The zero-order valence-electron chi connectivity index (χ0n) is 15.1. The summed E-state index contributed by atoms with van der Waals surface area (Å²) in [4.78, 5) is 4.96. The first-order chi connectivity index (χ1) is 10.0. The van der Waals surface area contributed by atoms with E-state index in [1.165, 1.54) is 45.4 Å². The van der Waals surface area contributed by atoms with Crippen LogP contribution >= 0.6 is 0 Å². The molecule has 1 saturated heterocycles. The first kappa shape index (κ1) is 18.9. The highest BCUT2D eigenvalue weighted by Gasteiger charge is 2.17. The van der Waals surface area contributed by atoms with Crippen LogP contribution in [-0.4, -0.2) is 62.8 Å². The number of rotatable bonds is 10. The maximum atomic E-state index is 5.91. The lowest BCUT2D eigenvalue weighted by Gasteiger charge is -2.31. The van der Waals surface area contributed by atoms with Gasteiger partial charge in [0, 0.05) is 13.2 Å². The molecule has 0 spiro atoms. The van der Waals surface area contributed by atoms with E-state index >= 15 is 0 Å². The summed E-state index contributed by atoms with van der Waals surface area (Å²) in [5.74, 6) is 2.40. The van der Waals surface area contributed by atoms with Crippen molar-refractivity contribution in [1.29, 1.82) is 0 Å². The second-order valence-corrected chi connectivity index (χ2v) is 7.27. The van der Waals surface area contributed by atoms with Gasteiger partial charge >= 0.3 is 0 Å². The number of piperidine rings is 1. The smallest absolute Gasteiger partial charge is 0.0593 e. The minimum atomic E-state index is 0.791. The third kappa shape index (κ3) is 8.18. The summed E-state index contributed by atoms with van der Waals surface area (Å²) in [5, 5.41) is 0. The molecular weight excluding hydrogens is 260 g/mol. The Morgan fingerprint density at radius 1 is 1.14 bits per heavy atom. The summed E-state index contributed by atoms with van der Waals surface area (Å²) in [5.41, 5.74) is 0. The fourth-order valence-corrected chi connectivity index (χ4v) is 2.81. The molecule has 126 valence electrons. The van der Waals surface area contributed by atoms with Crippen LogP contribution in [0.15, 0.2) is 0 Å². The summed E-state index contributed by atoms with van der Waals surface area (Å²) < 4.78 is 5.91. The molecule has 1 rings (SSSR count). The Balaban J connectivity index is 1.98. The SMILES string of the molecule is CCN1CCC(COCCN(C)CCC(C)C(C)C)CC1. The lowest BCUT2D eigenvalue weighted by molar-refractivity contribution is 0.0571. The van der Waals surface area contributed by atoms with Gasteiger partial charge < -0.3 is 14.5 Å². The van der Waals surface area contributed by atoms with Crippen LogP contribution in [0.4, 0.5) is 0 Å². The second-order valence-electron chi connectivity index (χ2n) is 7.27. The van der Waals surface area contributed by atoms with Crippen LogP contribution in [0.1, 0.15) is 47.0 Å². The van der Waals surface area contributed by atoms with E-state index in [2.05, 4.69) is 44.5 Å². The van der Waals surface area contributed by atoms with E-state index in [0.29, 0.717) is 0 Å². The van der Waals surface area contributed by atoms with Gasteiger partial charge in [-0.05, 0) is 70.2 Å². The van der Waals surface area contributed by atoms with Gasteiger partial charge in [-0.3, -0.25) is 0 Å². The molecule has 0 bridgehead atoms. The zero-order chi connectivity index (χ0) is 15.7. The molecule has 1 fully saturated rings. The Hall–Kier alpha value is -0.120. The lowest BCUT2D eigenvalue weighted by Crippen LogP contribution is -2.35. The van der Waals surface area contributed by atoms with Crippen molar-refractivity contribution in [2.45, 2.75) is 47.0 Å². The molecule has 0 aromatic rings. The van der Waals surface area contributed by atoms with Gasteiger partial charge in [0.05, 0.1) is 6.61 Å². The fraction of sp³-hybridized carbons (Fsp3) is 1.00. The lowest BCUT2D eigenvalue weighted by atomic mass is 9.95. The summed E-state index contributed by atoms with van der Waals surface area (Å²) in [6, 6.07) is 0. The third-order valence-electron chi connectivity index (χ3n) is 5.23. The molecule has 0 aromatic heterocycles. The van der Waals surface area contributed by atoms with Crippen LogP contribution in [0.5, 0.6) is 0 Å². The van der Waals surface area contributed by atoms with Crippen molar-refractivity contribution >= 4 is 0 Å². The number of likely N-dealkylation sites (tertiary alicyclic amines) is 1. The fourth-order valence-electron chi connectivity index (χ4n) is 2.81. The molecule has 1 aliphatic heterocycles. The maximum absolute atomic E-state index is 5.91. The summed E-state index contributed by atoms with van der Waals surface area (Å²) in [6.07, 6.45) is 3.93. The quantitative estimate of drug-likeness (QED) is 0.575. The van der Waals surface area contributed by atoms with Crippen LogP contribution < -0.4 is 0 Å². The van der Waals surface area contributed by atoms with Crippen LogP contribution in [0, 0.1) is 17.8 Å². The van der Waals surface area contributed by atoms with Crippen molar-refractivity contribution in [3.63, 3.8) is 0 Å². The number of nitrogens with zero attached hydrogens (tertiary/aromatic N) is 2. The Kier molecular flexibility index (Phi) is 9.54. The summed E-state index contributed by atoms with van der Waals surface area (Å²) in [6.45, 7) is 17.1. The number of ether oxygens (including phenoxy) is 1. The van der Waals surface area contributed by atoms with Crippen molar-refractivity contribution in [2.24, 2.45) is 17.8 Å².